The summed E-state index contributed by atoms with van der Waals surface area (Å²) >= 11 is 5.01. The number of hydrogen-bond donors (Lipinski definition) is 1. The van der Waals surface area contributed by atoms with E-state index in [0.29, 0.717) is 19.5 Å². The highest BCUT2D eigenvalue weighted by Gasteiger charge is 2.30. The number of carbonyl (C=O) groups excluding carboxylic acids is 2. The molecule has 3 aromatic carbocycles. The van der Waals surface area contributed by atoms with Crippen LogP contribution < -0.4 is 5.32 Å². The molecule has 1 atom stereocenters. The molecular weight excluding hydrogens is 496 g/mol. The van der Waals surface area contributed by atoms with E-state index in [1.807, 2.05) is 91.9 Å². The summed E-state index contributed by atoms with van der Waals surface area (Å²) in [7, 11) is 0. The van der Waals surface area contributed by atoms with Crippen LogP contribution in [0.3, 0.4) is 0 Å². The average Bonchev–Trinajstić information content (AvgIpc) is 2.84. The zero-order valence-electron chi connectivity index (χ0n) is 18.7. The summed E-state index contributed by atoms with van der Waals surface area (Å²) < 4.78 is 0.945. The Kier molecular flexibility index (Phi) is 10.0. The van der Waals surface area contributed by atoms with Crippen LogP contribution in [0.1, 0.15) is 24.5 Å². The standard InChI is InChI=1S/C27H29BrN2O2S/c1-2-16-29-27(32)25(18-21-10-5-3-6-11-21)30(19-22-12-9-13-23(28)17-22)26(31)20-33-24-14-7-4-8-15-24/h3-15,17,25H,2,16,18-20H2,1H3,(H,29,32)/t25-/m1/s1. The van der Waals surface area contributed by atoms with Gasteiger partial charge in [-0.15, -0.1) is 11.8 Å². The maximum Gasteiger partial charge on any atom is 0.243 e. The van der Waals surface area contributed by atoms with Gasteiger partial charge in [-0.05, 0) is 41.8 Å². The highest BCUT2D eigenvalue weighted by Crippen LogP contribution is 2.22. The smallest absolute Gasteiger partial charge is 0.243 e. The number of halogens is 1. The lowest BCUT2D eigenvalue weighted by Gasteiger charge is -2.31. The first kappa shape index (κ1) is 25.1. The minimum atomic E-state index is -0.596. The normalized spacial score (nSPS) is 11.6. The molecule has 0 saturated carbocycles. The molecule has 0 spiro atoms. The highest BCUT2D eigenvalue weighted by atomic mass is 79.9. The van der Waals surface area contributed by atoms with Crippen molar-refractivity contribution < 1.29 is 9.59 Å². The third-order valence-electron chi connectivity index (χ3n) is 5.17. The topological polar surface area (TPSA) is 49.4 Å². The summed E-state index contributed by atoms with van der Waals surface area (Å²) in [5.74, 6) is 0.0924. The summed E-state index contributed by atoms with van der Waals surface area (Å²) in [6.07, 6.45) is 1.30. The van der Waals surface area contributed by atoms with E-state index in [1.54, 1.807) is 4.90 Å². The van der Waals surface area contributed by atoms with Crippen LogP contribution >= 0.6 is 27.7 Å². The second kappa shape index (κ2) is 13.2. The number of nitrogens with zero attached hydrogens (tertiary/aromatic N) is 1. The van der Waals surface area contributed by atoms with Crippen molar-refractivity contribution in [3.63, 3.8) is 0 Å². The lowest BCUT2D eigenvalue weighted by Crippen LogP contribution is -2.51. The quantitative estimate of drug-likeness (QED) is 0.327. The van der Waals surface area contributed by atoms with Crippen molar-refractivity contribution in [1.29, 1.82) is 0 Å². The zero-order valence-corrected chi connectivity index (χ0v) is 21.1. The SMILES string of the molecule is CCCNC(=O)[C@@H](Cc1ccccc1)N(Cc1cccc(Br)c1)C(=O)CSc1ccccc1. The average molecular weight is 526 g/mol. The van der Waals surface area contributed by atoms with Crippen LogP contribution in [-0.2, 0) is 22.6 Å². The van der Waals surface area contributed by atoms with Gasteiger partial charge in [0.1, 0.15) is 6.04 Å². The first-order valence-electron chi connectivity index (χ1n) is 11.1. The third kappa shape index (κ3) is 8.06. The molecule has 0 bridgehead atoms. The molecule has 1 N–H and O–H groups in total. The Morgan fingerprint density at radius 3 is 2.27 bits per heavy atom. The van der Waals surface area contributed by atoms with Crippen LogP contribution in [-0.4, -0.2) is 35.1 Å². The van der Waals surface area contributed by atoms with Gasteiger partial charge in [-0.3, -0.25) is 9.59 Å². The van der Waals surface area contributed by atoms with Gasteiger partial charge in [0, 0.05) is 28.9 Å². The first-order valence-corrected chi connectivity index (χ1v) is 12.9. The van der Waals surface area contributed by atoms with Gasteiger partial charge in [0.2, 0.25) is 11.8 Å². The van der Waals surface area contributed by atoms with Crippen LogP contribution in [0.5, 0.6) is 0 Å². The maximum absolute atomic E-state index is 13.5. The lowest BCUT2D eigenvalue weighted by atomic mass is 10.0. The van der Waals surface area contributed by atoms with Gasteiger partial charge in [-0.2, -0.15) is 0 Å². The molecule has 0 aliphatic heterocycles. The highest BCUT2D eigenvalue weighted by molar-refractivity contribution is 9.10. The Morgan fingerprint density at radius 2 is 1.61 bits per heavy atom. The number of rotatable bonds is 11. The van der Waals surface area contributed by atoms with Gasteiger partial charge < -0.3 is 10.2 Å². The molecule has 3 aromatic rings. The summed E-state index contributed by atoms with van der Waals surface area (Å²) in [5.41, 5.74) is 2.00. The fourth-order valence-electron chi connectivity index (χ4n) is 3.50. The number of amides is 2. The number of thioether (sulfide) groups is 1. The third-order valence-corrected chi connectivity index (χ3v) is 6.66. The summed E-state index contributed by atoms with van der Waals surface area (Å²) in [5, 5.41) is 3.01. The molecule has 0 unspecified atom stereocenters. The van der Waals surface area contributed by atoms with E-state index in [1.165, 1.54) is 11.8 Å². The Hall–Kier alpha value is -2.57. The Bertz CT molecular complexity index is 1030. The van der Waals surface area contributed by atoms with E-state index >= 15 is 0 Å². The van der Waals surface area contributed by atoms with Crippen LogP contribution in [0.2, 0.25) is 0 Å². The van der Waals surface area contributed by atoms with Crippen LogP contribution in [0.4, 0.5) is 0 Å². The summed E-state index contributed by atoms with van der Waals surface area (Å²) in [6, 6.07) is 27.0. The minimum Gasteiger partial charge on any atom is -0.354 e. The van der Waals surface area contributed by atoms with Gasteiger partial charge in [0.25, 0.3) is 0 Å². The van der Waals surface area contributed by atoms with Crippen molar-refractivity contribution in [3.05, 3.63) is 101 Å². The molecule has 0 saturated heterocycles. The second-order valence-corrected chi connectivity index (χ2v) is 9.71. The van der Waals surface area contributed by atoms with E-state index in [2.05, 4.69) is 21.2 Å². The zero-order chi connectivity index (χ0) is 23.5. The van der Waals surface area contributed by atoms with Gasteiger partial charge in [-0.1, -0.05) is 83.5 Å². The predicted octanol–water partition coefficient (Wildman–Crippen LogP) is 5.71. The van der Waals surface area contributed by atoms with Crippen molar-refractivity contribution in [1.82, 2.24) is 10.2 Å². The number of nitrogens with one attached hydrogen (secondary N) is 1. The van der Waals surface area contributed by atoms with Gasteiger partial charge >= 0.3 is 0 Å². The number of carbonyl (C=O) groups is 2. The van der Waals surface area contributed by atoms with Gasteiger partial charge in [-0.25, -0.2) is 0 Å². The molecular formula is C27H29BrN2O2S. The Labute approximate surface area is 208 Å². The molecule has 3 rings (SSSR count). The fraction of sp³-hybridized carbons (Fsp3) is 0.259. The molecule has 0 aliphatic carbocycles. The molecule has 33 heavy (non-hydrogen) atoms. The van der Waals surface area contributed by atoms with E-state index in [0.717, 1.165) is 26.9 Å². The van der Waals surface area contributed by atoms with Crippen molar-refractivity contribution in [3.8, 4) is 0 Å². The molecule has 0 aromatic heterocycles. The predicted molar refractivity (Wildman–Crippen MR) is 139 cm³/mol. The first-order chi connectivity index (χ1) is 16.1. The van der Waals surface area contributed by atoms with E-state index in [9.17, 15) is 9.59 Å². The molecule has 4 nitrogen and oxygen atoms in total. The van der Waals surface area contributed by atoms with Crippen LogP contribution in [0.15, 0.2) is 94.3 Å². The monoisotopic (exact) mass is 524 g/mol. The van der Waals surface area contributed by atoms with Crippen molar-refractivity contribution in [2.45, 2.75) is 37.2 Å². The van der Waals surface area contributed by atoms with Crippen molar-refractivity contribution >= 4 is 39.5 Å². The Balaban J connectivity index is 1.88. The van der Waals surface area contributed by atoms with Crippen molar-refractivity contribution in [2.24, 2.45) is 0 Å². The molecule has 0 aliphatic rings. The molecule has 0 radical (unpaired) electrons. The fourth-order valence-corrected chi connectivity index (χ4v) is 4.75. The summed E-state index contributed by atoms with van der Waals surface area (Å²) in [4.78, 5) is 29.6. The van der Waals surface area contributed by atoms with Gasteiger partial charge in [0.05, 0.1) is 5.75 Å². The van der Waals surface area contributed by atoms with Crippen LogP contribution in [0, 0.1) is 0 Å². The maximum atomic E-state index is 13.5. The molecule has 0 heterocycles. The van der Waals surface area contributed by atoms with Gasteiger partial charge in [0.15, 0.2) is 0 Å². The number of hydrogen-bond acceptors (Lipinski definition) is 3. The molecule has 0 fully saturated rings. The molecule has 6 heteroatoms. The van der Waals surface area contributed by atoms with Crippen LogP contribution in [0.25, 0.3) is 0 Å². The molecule has 172 valence electrons. The van der Waals surface area contributed by atoms with E-state index in [-0.39, 0.29) is 17.6 Å². The summed E-state index contributed by atoms with van der Waals surface area (Å²) in [6.45, 7) is 2.97. The Morgan fingerprint density at radius 1 is 0.939 bits per heavy atom. The van der Waals surface area contributed by atoms with E-state index < -0.39 is 6.04 Å². The number of benzene rings is 3. The minimum absolute atomic E-state index is 0.0589. The second-order valence-electron chi connectivity index (χ2n) is 7.75. The lowest BCUT2D eigenvalue weighted by molar-refractivity contribution is -0.139. The molecule has 2 amide bonds. The van der Waals surface area contributed by atoms with Crippen molar-refractivity contribution in [2.75, 3.05) is 12.3 Å². The largest absolute Gasteiger partial charge is 0.354 e. The van der Waals surface area contributed by atoms with E-state index in [4.69, 9.17) is 0 Å².